The zero-order valence-electron chi connectivity index (χ0n) is 16.2. The summed E-state index contributed by atoms with van der Waals surface area (Å²) in [5.41, 5.74) is 2.71. The van der Waals surface area contributed by atoms with Gasteiger partial charge in [0.25, 0.3) is 5.91 Å². The van der Waals surface area contributed by atoms with E-state index in [1.54, 1.807) is 30.3 Å². The van der Waals surface area contributed by atoms with E-state index >= 15 is 0 Å². The summed E-state index contributed by atoms with van der Waals surface area (Å²) in [6, 6.07) is 17.2. The quantitative estimate of drug-likeness (QED) is 0.566. The van der Waals surface area contributed by atoms with Crippen molar-refractivity contribution in [2.75, 3.05) is 13.6 Å². The molecule has 1 heterocycles. The fourth-order valence-corrected chi connectivity index (χ4v) is 3.15. The Bertz CT molecular complexity index is 954. The molecule has 0 unspecified atom stereocenters. The zero-order valence-corrected chi connectivity index (χ0v) is 17.8. The van der Waals surface area contributed by atoms with Crippen LogP contribution < -0.4 is 5.32 Å². The van der Waals surface area contributed by atoms with Crippen LogP contribution in [0.4, 0.5) is 0 Å². The van der Waals surface area contributed by atoms with E-state index in [4.69, 9.17) is 0 Å². The van der Waals surface area contributed by atoms with Crippen molar-refractivity contribution in [2.24, 2.45) is 0 Å². The van der Waals surface area contributed by atoms with E-state index in [2.05, 4.69) is 38.5 Å². The van der Waals surface area contributed by atoms with Crippen molar-refractivity contribution in [2.45, 2.75) is 19.5 Å². The topological polar surface area (TPSA) is 67.2 Å². The van der Waals surface area contributed by atoms with Crippen LogP contribution in [0.3, 0.4) is 0 Å². The standard InChI is InChI=1S/C22H23BrN4O2/c1-26(14-18-13-25-27(16-18)15-17-5-3-2-4-6-17)21(28)11-12-24-22(29)19-7-9-20(23)10-8-19/h2-10,13,16H,11-12,14-15H2,1H3,(H,24,29). The maximum absolute atomic E-state index is 12.3. The number of benzene rings is 2. The van der Waals surface area contributed by atoms with Gasteiger partial charge in [-0.05, 0) is 29.8 Å². The molecule has 0 aliphatic rings. The number of nitrogens with one attached hydrogen (secondary N) is 1. The van der Waals surface area contributed by atoms with Crippen molar-refractivity contribution < 1.29 is 9.59 Å². The second-order valence-electron chi connectivity index (χ2n) is 6.79. The van der Waals surface area contributed by atoms with Gasteiger partial charge >= 0.3 is 0 Å². The van der Waals surface area contributed by atoms with Crippen LogP contribution in [0.15, 0.2) is 71.5 Å². The zero-order chi connectivity index (χ0) is 20.6. The van der Waals surface area contributed by atoms with Crippen LogP contribution in [0.2, 0.25) is 0 Å². The lowest BCUT2D eigenvalue weighted by Gasteiger charge is -2.16. The van der Waals surface area contributed by atoms with E-state index in [1.807, 2.05) is 41.2 Å². The highest BCUT2D eigenvalue weighted by Crippen LogP contribution is 2.10. The van der Waals surface area contributed by atoms with Crippen molar-refractivity contribution in [3.8, 4) is 0 Å². The molecule has 0 aliphatic heterocycles. The molecular formula is C22H23BrN4O2. The molecule has 0 spiro atoms. The predicted octanol–water partition coefficient (Wildman–Crippen LogP) is 3.47. The van der Waals surface area contributed by atoms with Crippen LogP contribution in [0.1, 0.15) is 27.9 Å². The first-order valence-corrected chi connectivity index (χ1v) is 10.1. The number of halogens is 1. The van der Waals surface area contributed by atoms with Crippen molar-refractivity contribution in [1.82, 2.24) is 20.0 Å². The molecule has 150 valence electrons. The maximum atomic E-state index is 12.3. The maximum Gasteiger partial charge on any atom is 0.251 e. The molecular weight excluding hydrogens is 432 g/mol. The van der Waals surface area contributed by atoms with E-state index in [0.717, 1.165) is 10.0 Å². The van der Waals surface area contributed by atoms with Crippen molar-refractivity contribution in [1.29, 1.82) is 0 Å². The summed E-state index contributed by atoms with van der Waals surface area (Å²) in [4.78, 5) is 26.1. The Morgan fingerprint density at radius 2 is 1.79 bits per heavy atom. The lowest BCUT2D eigenvalue weighted by Crippen LogP contribution is -2.31. The molecule has 0 saturated heterocycles. The molecule has 0 radical (unpaired) electrons. The first-order chi connectivity index (χ1) is 14.0. The van der Waals surface area contributed by atoms with E-state index in [9.17, 15) is 9.59 Å². The van der Waals surface area contributed by atoms with Gasteiger partial charge in [0.15, 0.2) is 0 Å². The summed E-state index contributed by atoms with van der Waals surface area (Å²) in [5, 5.41) is 7.15. The first kappa shape index (κ1) is 20.8. The average molecular weight is 455 g/mol. The molecule has 1 aromatic heterocycles. The number of rotatable bonds is 8. The molecule has 1 N–H and O–H groups in total. The molecule has 2 aromatic carbocycles. The van der Waals surface area contributed by atoms with Gasteiger partial charge in [0.1, 0.15) is 0 Å². The van der Waals surface area contributed by atoms with Gasteiger partial charge in [-0.3, -0.25) is 14.3 Å². The smallest absolute Gasteiger partial charge is 0.251 e. The second kappa shape index (κ2) is 10.0. The molecule has 0 bridgehead atoms. The molecule has 29 heavy (non-hydrogen) atoms. The average Bonchev–Trinajstić information content (AvgIpc) is 3.15. The minimum Gasteiger partial charge on any atom is -0.352 e. The minimum absolute atomic E-state index is 0.0306. The Kier molecular flexibility index (Phi) is 7.19. The number of aromatic nitrogens is 2. The highest BCUT2D eigenvalue weighted by Gasteiger charge is 2.12. The summed E-state index contributed by atoms with van der Waals surface area (Å²) in [6.45, 7) is 1.47. The third-order valence-electron chi connectivity index (χ3n) is 4.45. The summed E-state index contributed by atoms with van der Waals surface area (Å²) in [5.74, 6) is -0.216. The Labute approximate surface area is 178 Å². The molecule has 0 aliphatic carbocycles. The van der Waals surface area contributed by atoms with E-state index in [1.165, 1.54) is 5.56 Å². The van der Waals surface area contributed by atoms with Gasteiger partial charge in [-0.25, -0.2) is 0 Å². The lowest BCUT2D eigenvalue weighted by atomic mass is 10.2. The van der Waals surface area contributed by atoms with Crippen LogP contribution in [0.25, 0.3) is 0 Å². The van der Waals surface area contributed by atoms with Crippen LogP contribution >= 0.6 is 15.9 Å². The van der Waals surface area contributed by atoms with Crippen LogP contribution in [-0.4, -0.2) is 40.1 Å². The van der Waals surface area contributed by atoms with Crippen LogP contribution in [0.5, 0.6) is 0 Å². The third kappa shape index (κ3) is 6.29. The first-order valence-electron chi connectivity index (χ1n) is 9.34. The van der Waals surface area contributed by atoms with Crippen LogP contribution in [0, 0.1) is 0 Å². The molecule has 6 nitrogen and oxygen atoms in total. The number of nitrogens with zero attached hydrogens (tertiary/aromatic N) is 3. The molecule has 3 aromatic rings. The van der Waals surface area contributed by atoms with E-state index < -0.39 is 0 Å². The number of carbonyl (C=O) groups excluding carboxylic acids is 2. The molecule has 0 fully saturated rings. The van der Waals surface area contributed by atoms with Gasteiger partial charge in [0.05, 0.1) is 12.7 Å². The highest BCUT2D eigenvalue weighted by molar-refractivity contribution is 9.10. The molecule has 2 amide bonds. The monoisotopic (exact) mass is 454 g/mol. The molecule has 7 heteroatoms. The predicted molar refractivity (Wildman–Crippen MR) is 115 cm³/mol. The fraction of sp³-hybridized carbons (Fsp3) is 0.227. The molecule has 3 rings (SSSR count). The van der Waals surface area contributed by atoms with Gasteiger partial charge in [0.2, 0.25) is 5.91 Å². The lowest BCUT2D eigenvalue weighted by molar-refractivity contribution is -0.130. The third-order valence-corrected chi connectivity index (χ3v) is 4.98. The normalized spacial score (nSPS) is 10.6. The summed E-state index contributed by atoms with van der Waals surface area (Å²) < 4.78 is 2.78. The Hall–Kier alpha value is -2.93. The number of amides is 2. The number of hydrogen-bond donors (Lipinski definition) is 1. The molecule has 0 atom stereocenters. The Morgan fingerprint density at radius 1 is 1.07 bits per heavy atom. The fourth-order valence-electron chi connectivity index (χ4n) is 2.88. The minimum atomic E-state index is -0.185. The SMILES string of the molecule is CN(Cc1cnn(Cc2ccccc2)c1)C(=O)CCNC(=O)c1ccc(Br)cc1. The Balaban J connectivity index is 1.43. The van der Waals surface area contributed by atoms with Crippen molar-refractivity contribution in [3.63, 3.8) is 0 Å². The molecule has 0 saturated carbocycles. The van der Waals surface area contributed by atoms with Crippen molar-refractivity contribution in [3.05, 3.63) is 88.2 Å². The Morgan fingerprint density at radius 3 is 2.52 bits per heavy atom. The van der Waals surface area contributed by atoms with Crippen LogP contribution in [-0.2, 0) is 17.9 Å². The number of hydrogen-bond acceptors (Lipinski definition) is 3. The second-order valence-corrected chi connectivity index (χ2v) is 7.71. The van der Waals surface area contributed by atoms with Gasteiger partial charge in [-0.15, -0.1) is 0 Å². The summed E-state index contributed by atoms with van der Waals surface area (Å²) in [6.07, 6.45) is 3.98. The van der Waals surface area contributed by atoms with Gasteiger partial charge in [-0.2, -0.15) is 5.10 Å². The van der Waals surface area contributed by atoms with E-state index in [-0.39, 0.29) is 18.2 Å². The summed E-state index contributed by atoms with van der Waals surface area (Å²) >= 11 is 3.34. The van der Waals surface area contributed by atoms with Crippen molar-refractivity contribution >= 4 is 27.7 Å². The highest BCUT2D eigenvalue weighted by atomic mass is 79.9. The van der Waals surface area contributed by atoms with Gasteiger partial charge < -0.3 is 10.2 Å². The van der Waals surface area contributed by atoms with E-state index in [0.29, 0.717) is 25.2 Å². The summed E-state index contributed by atoms with van der Waals surface area (Å²) in [7, 11) is 1.76. The largest absolute Gasteiger partial charge is 0.352 e. The van der Waals surface area contributed by atoms with Gasteiger partial charge in [0, 0.05) is 48.4 Å². The number of carbonyl (C=O) groups is 2. The van der Waals surface area contributed by atoms with Gasteiger partial charge in [-0.1, -0.05) is 46.3 Å².